The Morgan fingerprint density at radius 3 is 1.87 bits per heavy atom. The van der Waals surface area contributed by atoms with E-state index in [1.54, 1.807) is 0 Å². The lowest BCUT2D eigenvalue weighted by Gasteiger charge is -2.50. The van der Waals surface area contributed by atoms with Crippen LogP contribution in [0.5, 0.6) is 0 Å². The van der Waals surface area contributed by atoms with Gasteiger partial charge in [0.2, 0.25) is 0 Å². The first-order chi connectivity index (χ1) is 25.5. The monoisotopic (exact) mass is 714 g/mol. The molecule has 3 heterocycles. The normalized spacial score (nSPS) is 32.5. The number of hydrogen-bond donors (Lipinski definition) is 3. The highest BCUT2D eigenvalue weighted by atomic mass is 16.8. The molecule has 3 fully saturated rings. The number of fused-ring (bicyclic) bond motifs is 1. The molecule has 0 bridgehead atoms. The Morgan fingerprint density at radius 2 is 1.25 bits per heavy atom. The molecule has 4 aromatic carbocycles. The van der Waals surface area contributed by atoms with E-state index in [9.17, 15) is 15.3 Å². The van der Waals surface area contributed by atoms with Gasteiger partial charge < -0.3 is 53.2 Å². The summed E-state index contributed by atoms with van der Waals surface area (Å²) >= 11 is 0. The summed E-state index contributed by atoms with van der Waals surface area (Å²) in [6.45, 7) is 1.92. The lowest BCUT2D eigenvalue weighted by Crippen LogP contribution is -2.66. The number of ether oxygens (including phenoxy) is 8. The third-order valence-corrected chi connectivity index (χ3v) is 9.66. The van der Waals surface area contributed by atoms with Gasteiger partial charge in [0, 0.05) is 5.56 Å². The van der Waals surface area contributed by atoms with Gasteiger partial charge in [-0.1, -0.05) is 121 Å². The number of aliphatic hydroxyl groups excluding tert-OH is 3. The van der Waals surface area contributed by atoms with Gasteiger partial charge in [-0.3, -0.25) is 0 Å². The van der Waals surface area contributed by atoms with E-state index in [1.807, 2.05) is 128 Å². The topological polar surface area (TPSA) is 135 Å². The van der Waals surface area contributed by atoms with Gasteiger partial charge in [0.1, 0.15) is 48.8 Å². The SMILES string of the molecule is CC(O[C@@H]1C(CO)O[C@@H](OC2C(O)OC3COC(c4ccccc4)O[C@H]3[C@@H]2OCc2ccccc2)C(O)[C@@H]1OCc1ccccc1)c1ccccc1. The van der Waals surface area contributed by atoms with E-state index in [2.05, 4.69) is 0 Å². The lowest BCUT2D eigenvalue weighted by molar-refractivity contribution is -0.395. The quantitative estimate of drug-likeness (QED) is 0.180. The molecule has 3 aliphatic heterocycles. The second-order valence-electron chi connectivity index (χ2n) is 13.2. The van der Waals surface area contributed by atoms with Crippen LogP contribution in [-0.2, 0) is 51.1 Å². The van der Waals surface area contributed by atoms with Gasteiger partial charge in [0.25, 0.3) is 0 Å². The van der Waals surface area contributed by atoms with E-state index < -0.39 is 80.4 Å². The maximum Gasteiger partial charge on any atom is 0.187 e. The van der Waals surface area contributed by atoms with Gasteiger partial charge in [0.05, 0.1) is 32.5 Å². The van der Waals surface area contributed by atoms with Crippen molar-refractivity contribution in [2.45, 2.75) is 93.9 Å². The van der Waals surface area contributed by atoms with Crippen molar-refractivity contribution in [3.05, 3.63) is 144 Å². The average Bonchev–Trinajstić information content (AvgIpc) is 3.19. The van der Waals surface area contributed by atoms with Gasteiger partial charge >= 0.3 is 0 Å². The molecule has 52 heavy (non-hydrogen) atoms. The highest BCUT2D eigenvalue weighted by Crippen LogP contribution is 2.38. The van der Waals surface area contributed by atoms with Crippen LogP contribution in [0.4, 0.5) is 0 Å². The van der Waals surface area contributed by atoms with Crippen LogP contribution >= 0.6 is 0 Å². The number of aliphatic hydroxyl groups is 3. The molecule has 0 amide bonds. The third kappa shape index (κ3) is 8.62. The zero-order valence-electron chi connectivity index (χ0n) is 28.9. The van der Waals surface area contributed by atoms with E-state index in [4.69, 9.17) is 37.9 Å². The molecule has 4 aromatic rings. The maximum absolute atomic E-state index is 12.0. The summed E-state index contributed by atoms with van der Waals surface area (Å²) in [4.78, 5) is 0. The number of benzene rings is 4. The van der Waals surface area contributed by atoms with Crippen molar-refractivity contribution >= 4 is 0 Å². The molecular formula is C41H46O11. The lowest BCUT2D eigenvalue weighted by atomic mass is 9.95. The molecule has 7 rings (SSSR count). The first kappa shape index (κ1) is 36.8. The van der Waals surface area contributed by atoms with Crippen LogP contribution in [0.15, 0.2) is 121 Å². The summed E-state index contributed by atoms with van der Waals surface area (Å²) in [7, 11) is 0. The van der Waals surface area contributed by atoms with Crippen LogP contribution in [0.3, 0.4) is 0 Å². The molecule has 0 spiro atoms. The predicted octanol–water partition coefficient (Wildman–Crippen LogP) is 4.60. The Hall–Kier alpha value is -3.56. The molecule has 0 saturated carbocycles. The van der Waals surface area contributed by atoms with Crippen molar-refractivity contribution in [1.82, 2.24) is 0 Å². The van der Waals surface area contributed by atoms with Gasteiger partial charge in [-0.05, 0) is 23.6 Å². The van der Waals surface area contributed by atoms with E-state index in [-0.39, 0.29) is 19.8 Å². The molecule has 0 aromatic heterocycles. The number of hydrogen-bond acceptors (Lipinski definition) is 11. The van der Waals surface area contributed by atoms with Gasteiger partial charge in [-0.2, -0.15) is 0 Å². The Labute approximate surface area is 303 Å². The van der Waals surface area contributed by atoms with Crippen LogP contribution in [0, 0.1) is 0 Å². The smallest absolute Gasteiger partial charge is 0.187 e. The van der Waals surface area contributed by atoms with Crippen molar-refractivity contribution in [3.63, 3.8) is 0 Å². The highest BCUT2D eigenvalue weighted by molar-refractivity contribution is 5.19. The second kappa shape index (κ2) is 17.5. The van der Waals surface area contributed by atoms with Crippen LogP contribution in [0.2, 0.25) is 0 Å². The molecule has 11 heteroatoms. The van der Waals surface area contributed by atoms with Crippen LogP contribution in [-0.4, -0.2) is 89.9 Å². The van der Waals surface area contributed by atoms with E-state index in [1.165, 1.54) is 0 Å². The van der Waals surface area contributed by atoms with Crippen LogP contribution < -0.4 is 0 Å². The van der Waals surface area contributed by atoms with Gasteiger partial charge in [-0.25, -0.2) is 0 Å². The Bertz CT molecular complexity index is 1630. The van der Waals surface area contributed by atoms with Crippen molar-refractivity contribution in [2.75, 3.05) is 13.2 Å². The molecule has 3 N–H and O–H groups in total. The van der Waals surface area contributed by atoms with Crippen molar-refractivity contribution in [1.29, 1.82) is 0 Å². The maximum atomic E-state index is 12.0. The summed E-state index contributed by atoms with van der Waals surface area (Å²) in [5.74, 6) is 0. The number of rotatable bonds is 13. The molecule has 276 valence electrons. The zero-order valence-corrected chi connectivity index (χ0v) is 28.9. The molecular weight excluding hydrogens is 668 g/mol. The van der Waals surface area contributed by atoms with Gasteiger partial charge in [0.15, 0.2) is 18.9 Å². The summed E-state index contributed by atoms with van der Waals surface area (Å²) in [5, 5.41) is 34.0. The Balaban J connectivity index is 1.15. The van der Waals surface area contributed by atoms with E-state index in [0.717, 1.165) is 22.3 Å². The minimum Gasteiger partial charge on any atom is -0.394 e. The largest absolute Gasteiger partial charge is 0.394 e. The fraction of sp³-hybridized carbons (Fsp3) is 0.415. The van der Waals surface area contributed by atoms with E-state index in [0.29, 0.717) is 0 Å². The predicted molar refractivity (Wildman–Crippen MR) is 187 cm³/mol. The standard InChI is InChI=1S/C41H46O11/c1-26(29-18-10-4-11-19-29)48-34-31(22-42)50-41(33(43)36(34)45-23-27-14-6-2-7-15-27)52-38-37(46-24-28-16-8-3-9-17-28)35-32(49-39(38)44)25-47-40(51-35)30-20-12-5-13-21-30/h2-21,26,31-44H,22-25H2,1H3/t26?,31?,32?,33?,34-,35-,36+,37+,38?,39?,40?,41+/m1/s1. The molecule has 3 aliphatic rings. The minimum absolute atomic E-state index is 0.141. The first-order valence-electron chi connectivity index (χ1n) is 17.8. The molecule has 12 atom stereocenters. The Morgan fingerprint density at radius 1 is 0.673 bits per heavy atom. The molecule has 0 radical (unpaired) electrons. The van der Waals surface area contributed by atoms with Gasteiger partial charge in [-0.15, -0.1) is 0 Å². The van der Waals surface area contributed by atoms with E-state index >= 15 is 0 Å². The zero-order chi connectivity index (χ0) is 35.9. The molecule has 7 unspecified atom stereocenters. The Kier molecular flexibility index (Phi) is 12.4. The van der Waals surface area contributed by atoms with Crippen molar-refractivity contribution in [3.8, 4) is 0 Å². The second-order valence-corrected chi connectivity index (χ2v) is 13.2. The minimum atomic E-state index is -1.50. The molecule has 3 saturated heterocycles. The summed E-state index contributed by atoms with van der Waals surface area (Å²) in [5.41, 5.74) is 3.52. The summed E-state index contributed by atoms with van der Waals surface area (Å²) in [6, 6.07) is 38.4. The van der Waals surface area contributed by atoms with Crippen molar-refractivity contribution in [2.24, 2.45) is 0 Å². The molecule has 0 aliphatic carbocycles. The van der Waals surface area contributed by atoms with Crippen molar-refractivity contribution < 1.29 is 53.2 Å². The summed E-state index contributed by atoms with van der Waals surface area (Å²) < 4.78 is 50.6. The fourth-order valence-electron chi connectivity index (χ4n) is 6.91. The fourth-order valence-corrected chi connectivity index (χ4v) is 6.91. The third-order valence-electron chi connectivity index (χ3n) is 9.66. The highest BCUT2D eigenvalue weighted by Gasteiger charge is 2.55. The first-order valence-corrected chi connectivity index (χ1v) is 17.8. The molecule has 11 nitrogen and oxygen atoms in total. The van der Waals surface area contributed by atoms with Crippen LogP contribution in [0.25, 0.3) is 0 Å². The van der Waals surface area contributed by atoms with Crippen LogP contribution in [0.1, 0.15) is 41.6 Å². The average molecular weight is 715 g/mol. The summed E-state index contributed by atoms with van der Waals surface area (Å²) in [6.07, 6.45) is -11.7.